The summed E-state index contributed by atoms with van der Waals surface area (Å²) in [6.45, 7) is 35.9. The normalized spacial score (nSPS) is 43.9. The number of unbranched alkanes of at least 4 members (excludes halogenated alkanes) is 2. The quantitative estimate of drug-likeness (QED) is 0.0229. The number of amides is 5. The van der Waals surface area contributed by atoms with Crippen molar-refractivity contribution in [2.24, 2.45) is 185 Å². The number of rotatable bonds is 33. The molecule has 0 radical (unpaired) electrons. The van der Waals surface area contributed by atoms with Crippen LogP contribution in [-0.2, 0) is 38.9 Å². The molecule has 32 unspecified atom stereocenters. The first-order valence-corrected chi connectivity index (χ1v) is 61.0. The number of anilines is 1. The third-order valence-corrected chi connectivity index (χ3v) is 47.6. The van der Waals surface area contributed by atoms with Gasteiger partial charge in [0.1, 0.15) is 10.7 Å². The molecule has 5 amide bonds. The number of carbonyl (C=O) groups is 6. The molecule has 1 aromatic carbocycles. The van der Waals surface area contributed by atoms with Crippen molar-refractivity contribution in [2.75, 3.05) is 31.5 Å². The molecule has 16 aliphatic carbocycles. The van der Waals surface area contributed by atoms with Crippen molar-refractivity contribution in [2.45, 2.75) is 478 Å². The zero-order chi connectivity index (χ0) is 107. The lowest BCUT2D eigenvalue weighted by atomic mass is 9.43. The number of aliphatic hydroxyl groups excluding tert-OH is 12. The average Bonchev–Trinajstić information content (AvgIpc) is 1.46. The van der Waals surface area contributed by atoms with Gasteiger partial charge in [-0.15, -0.1) is 0 Å². The van der Waals surface area contributed by atoms with Gasteiger partial charge in [0, 0.05) is 71.1 Å². The largest absolute Gasteiger partial charge is 0.393 e. The molecule has 0 spiro atoms. The van der Waals surface area contributed by atoms with E-state index in [1.807, 2.05) is 6.92 Å². The molecule has 0 aliphatic heterocycles. The Balaban J connectivity index is 0.000000165. The third-order valence-electron chi connectivity index (χ3n) is 46.7. The SMILES string of the molecule is C.CCCCCC(=O)CCCNC(=O)CC[C@@H](C)C1CCC2C3C(O)CC4CC(O)CC[C@]4(C)C3CC(O)[C@@]21C.CCCNC(=O)CCNC(=O)CC[C@@H](C)C1CCC2C3C(O)CC4CC(O)CC[C@]4(C)C3CC(O)[C@@]21C.CCCNC(=O)CC[C@@H](C)C1CCC2C3C(O)CC4CC(O)CC[C@]4(C)C3CC(O)[C@@]21C.C[C@H](CCC(=O)Nc1ccccc1S(=O)(=O)O)C1CCC2C3C(O)CC4CC(O)CC[C@]4(C)C3CC(O)[C@@]21C. The molecule has 27 heteroatoms. The van der Waals surface area contributed by atoms with E-state index in [4.69, 9.17) is 0 Å². The van der Waals surface area contributed by atoms with E-state index in [1.165, 1.54) is 18.2 Å². The number of aliphatic hydroxyl groups is 12. The highest BCUT2D eigenvalue weighted by atomic mass is 32.2. The predicted octanol–water partition coefficient (Wildman–Crippen LogP) is 17.6. The maximum absolute atomic E-state index is 12.8. The second kappa shape index (κ2) is 49.8. The van der Waals surface area contributed by atoms with Gasteiger partial charge >= 0.3 is 0 Å². The van der Waals surface area contributed by atoms with Crippen LogP contribution < -0.4 is 26.6 Å². The molecular weight excluding hydrogens is 1890 g/mol. The molecular formula is C121H205N5O21S. The molecule has 0 heterocycles. The molecule has 16 fully saturated rings. The van der Waals surface area contributed by atoms with E-state index in [2.05, 4.69) is 124 Å². The van der Waals surface area contributed by atoms with E-state index < -0.39 is 34.5 Å². The minimum absolute atomic E-state index is 0. The average molecular weight is 2100 g/mol. The smallest absolute Gasteiger partial charge is 0.296 e. The van der Waals surface area contributed by atoms with Crippen molar-refractivity contribution in [3.8, 4) is 0 Å². The van der Waals surface area contributed by atoms with Gasteiger partial charge in [-0.3, -0.25) is 33.3 Å². The van der Waals surface area contributed by atoms with E-state index in [1.54, 1.807) is 6.07 Å². The van der Waals surface area contributed by atoms with Gasteiger partial charge in [0.25, 0.3) is 10.1 Å². The lowest BCUT2D eigenvalue weighted by Gasteiger charge is -2.63. The van der Waals surface area contributed by atoms with Gasteiger partial charge in [0.05, 0.1) is 78.9 Å². The lowest BCUT2D eigenvalue weighted by Crippen LogP contribution is -2.62. The lowest BCUT2D eigenvalue weighted by molar-refractivity contribution is -0.207. The third kappa shape index (κ3) is 24.4. The van der Waals surface area contributed by atoms with E-state index in [0.29, 0.717) is 172 Å². The van der Waals surface area contributed by atoms with Crippen LogP contribution in [0.15, 0.2) is 29.2 Å². The minimum atomic E-state index is -4.46. The molecule has 16 saturated carbocycles. The summed E-state index contributed by atoms with van der Waals surface area (Å²) < 4.78 is 32.8. The van der Waals surface area contributed by atoms with E-state index in [9.17, 15) is 103 Å². The van der Waals surface area contributed by atoms with Crippen LogP contribution in [0.25, 0.3) is 0 Å². The highest BCUT2D eigenvalue weighted by molar-refractivity contribution is 7.86. The second-order valence-corrected chi connectivity index (χ2v) is 55.3. The second-order valence-electron chi connectivity index (χ2n) is 53.9. The number of ketones is 1. The Labute approximate surface area is 889 Å². The van der Waals surface area contributed by atoms with Gasteiger partial charge in [-0.1, -0.05) is 136 Å². The fourth-order valence-corrected chi connectivity index (χ4v) is 38.8. The number of benzene rings is 1. The summed E-state index contributed by atoms with van der Waals surface area (Å²) in [5, 5.41) is 148. The predicted molar refractivity (Wildman–Crippen MR) is 577 cm³/mol. The Morgan fingerprint density at radius 1 is 0.324 bits per heavy atom. The first-order valence-electron chi connectivity index (χ1n) is 59.5. The van der Waals surface area contributed by atoms with Crippen LogP contribution in [0.5, 0.6) is 0 Å². The molecule has 16 aliphatic rings. The molecule has 0 saturated heterocycles. The molecule has 148 heavy (non-hydrogen) atoms. The topological polar surface area (TPSA) is 460 Å². The summed E-state index contributed by atoms with van der Waals surface area (Å²) in [5.74, 6) is 7.10. The number of fused-ring (bicyclic) bond motifs is 20. The summed E-state index contributed by atoms with van der Waals surface area (Å²) in [4.78, 5) is 73.3. The number of nitrogens with one attached hydrogen (secondary N) is 5. The van der Waals surface area contributed by atoms with E-state index in [0.717, 1.165) is 231 Å². The summed E-state index contributed by atoms with van der Waals surface area (Å²) >= 11 is 0. The molecule has 0 aromatic heterocycles. The van der Waals surface area contributed by atoms with E-state index >= 15 is 0 Å². The monoisotopic (exact) mass is 2100 g/mol. The zero-order valence-electron chi connectivity index (χ0n) is 92.7. The van der Waals surface area contributed by atoms with Gasteiger partial charge in [-0.25, -0.2) is 0 Å². The van der Waals surface area contributed by atoms with Gasteiger partial charge in [-0.2, -0.15) is 8.42 Å². The number of hydrogen-bond donors (Lipinski definition) is 18. The van der Waals surface area contributed by atoms with Crippen molar-refractivity contribution in [1.82, 2.24) is 21.3 Å². The Morgan fingerprint density at radius 2 is 0.601 bits per heavy atom. The first-order chi connectivity index (χ1) is 69.4. The van der Waals surface area contributed by atoms with Crippen molar-refractivity contribution in [1.29, 1.82) is 0 Å². The van der Waals surface area contributed by atoms with Gasteiger partial charge in [0.15, 0.2) is 0 Å². The number of Topliss-reactive ketones (excluding diaryl/α,β-unsaturated/α-hetero) is 1. The van der Waals surface area contributed by atoms with E-state index in [-0.39, 0.29) is 199 Å². The molecule has 1 aromatic rings. The first kappa shape index (κ1) is 121. The molecule has 0 bridgehead atoms. The Kier molecular flexibility index (Phi) is 40.6. The maximum Gasteiger partial charge on any atom is 0.296 e. The fourth-order valence-electron chi connectivity index (χ4n) is 38.2. The van der Waals surface area contributed by atoms with Crippen molar-refractivity contribution < 1.29 is 103 Å². The van der Waals surface area contributed by atoms with Crippen LogP contribution in [0.1, 0.15) is 400 Å². The molecule has 44 atom stereocenters. The minimum Gasteiger partial charge on any atom is -0.393 e. The summed E-state index contributed by atoms with van der Waals surface area (Å²) in [6, 6.07) is 5.79. The standard InChI is InChI=1S/C33H57NO5.C30H52N2O5.C30H45NO7S.C27H47NO4.CH4/c1-5-6-7-9-23(35)10-8-17-34-30(39)14-11-21(2)25-12-13-26-31-27(20-29(38)33(25,26)4)32(3)16-15-24(36)18-22(32)19-28(31)37;1-5-13-31-27(37)11-14-32-26(36)9-6-18(2)21-7-8-22-28-23(17-25(35)30(21,22)4)29(3)12-10-20(33)15-19(29)16-24(28)34;1-17(8-11-27(35)31-23-6-4-5-7-25(23)39(36,37)38)20-9-10-21-28-22(16-26(34)30(20,21)3)29(2)13-12-19(32)14-18(29)15-24(28)33;1-5-12-28-24(32)9-6-16(2)19-7-8-20-25-21(15-23(31)27(19,20)4)26(3)11-10-18(29)13-17(26)14-22(25)30;/h21-22,24-29,31,36-38H,5-20H2,1-4H3,(H,34,39);18-25,28,33-35H,5-17H2,1-4H3,(H,31,37)(H,32,36);4-7,17-22,24,26,28,32-34H,8-16H2,1-3H3,(H,31,35)(H,36,37,38);16-23,25,29-31H,5-15H2,1-4H3,(H,28,32);1H4/t21-,22?,24?,25?,26?,27?,28?,29?,31?,32+,33-;18-,19?,20?,21?,22?,23?,24?,25?,28?,29+,30-;17-,18?,19?,20?,21?,22?,24?,26?,28?,29+,30-;16-,17?,18?,19?,20?,21?,22?,23?,25?,26+,27-;/m1111./s1. The Bertz CT molecular complexity index is 4660. The van der Waals surface area contributed by atoms with Crippen LogP contribution >= 0.6 is 0 Å². The number of hydrogen-bond acceptors (Lipinski definition) is 20. The summed E-state index contributed by atoms with van der Waals surface area (Å²) in [7, 11) is -4.46. The van der Waals surface area contributed by atoms with Crippen molar-refractivity contribution >= 4 is 51.1 Å². The van der Waals surface area contributed by atoms with Gasteiger partial charge in [-0.05, 0) is 429 Å². The molecule has 18 N–H and O–H groups in total. The molecule has 26 nitrogen and oxygen atoms in total. The van der Waals surface area contributed by atoms with Crippen molar-refractivity contribution in [3.05, 3.63) is 24.3 Å². The summed E-state index contributed by atoms with van der Waals surface area (Å²) in [5.41, 5.74) is -0.606. The number of para-hydroxylation sites is 1. The Hall–Kier alpha value is -4.33. The highest BCUT2D eigenvalue weighted by Gasteiger charge is 2.72. The van der Waals surface area contributed by atoms with Crippen molar-refractivity contribution in [3.63, 3.8) is 0 Å². The van der Waals surface area contributed by atoms with Gasteiger partial charge < -0.3 is 87.9 Å². The number of carbonyl (C=O) groups excluding carboxylic acids is 6. The van der Waals surface area contributed by atoms with Crippen LogP contribution in [0.2, 0.25) is 0 Å². The zero-order valence-corrected chi connectivity index (χ0v) is 93.5. The van der Waals surface area contributed by atoms with Crippen LogP contribution in [0, 0.1) is 185 Å². The van der Waals surface area contributed by atoms with Crippen LogP contribution in [0.3, 0.4) is 0 Å². The van der Waals surface area contributed by atoms with Crippen LogP contribution in [-0.4, -0.2) is 209 Å². The Morgan fingerprint density at radius 3 is 0.899 bits per heavy atom. The summed E-state index contributed by atoms with van der Waals surface area (Å²) in [6.07, 6.45) is 32.4. The maximum atomic E-state index is 12.8. The molecule has 17 rings (SSSR count). The highest BCUT2D eigenvalue weighted by Crippen LogP contribution is 2.75. The van der Waals surface area contributed by atoms with Crippen LogP contribution in [0.4, 0.5) is 5.69 Å². The molecule has 846 valence electrons. The fraction of sp³-hybridized carbons (Fsp3) is 0.901. The van der Waals surface area contributed by atoms with Gasteiger partial charge in [0.2, 0.25) is 29.5 Å².